The number of phosphoric acid groups is 1. The van der Waals surface area contributed by atoms with Gasteiger partial charge in [0.05, 0.1) is 19.8 Å². The molecule has 12 heteroatoms. The zero-order valence-corrected chi connectivity index (χ0v) is 45.6. The van der Waals surface area contributed by atoms with Crippen LogP contribution in [0.4, 0.5) is 0 Å². The van der Waals surface area contributed by atoms with Crippen LogP contribution >= 0.6 is 7.82 Å². The SMILES string of the molecule is CC/C=C\C/C=C\C/C=C\C/C=C\CCC(=O)OCC(COP(=O)(O)OCC(CO)OC(=O)CCCCCCCCCCCCC)OC(=O)CCCCCCCCCCC/C=C\CCCCCCCC. The van der Waals surface area contributed by atoms with Gasteiger partial charge in [-0.25, -0.2) is 4.57 Å². The third-order valence-corrected chi connectivity index (χ3v) is 12.9. The van der Waals surface area contributed by atoms with Crippen LogP contribution in [0.1, 0.15) is 252 Å². The normalized spacial score (nSPS) is 13.8. The summed E-state index contributed by atoms with van der Waals surface area (Å²) in [7, 11) is -4.76. The molecule has 0 spiro atoms. The van der Waals surface area contributed by atoms with Crippen LogP contribution in [0.5, 0.6) is 0 Å². The molecule has 3 unspecified atom stereocenters. The average Bonchev–Trinajstić information content (AvgIpc) is 3.35. The lowest BCUT2D eigenvalue weighted by Gasteiger charge is -2.21. The van der Waals surface area contributed by atoms with E-state index in [2.05, 4.69) is 69.4 Å². The number of carbonyl (C=O) groups is 3. The summed E-state index contributed by atoms with van der Waals surface area (Å²) < 4.78 is 39.4. The molecule has 2 N–H and O–H groups in total. The third-order valence-electron chi connectivity index (χ3n) is 11.9. The predicted molar refractivity (Wildman–Crippen MR) is 288 cm³/mol. The van der Waals surface area contributed by atoms with E-state index >= 15 is 0 Å². The van der Waals surface area contributed by atoms with E-state index in [-0.39, 0.29) is 25.9 Å². The first-order chi connectivity index (χ1) is 34.2. The molecule has 0 aliphatic rings. The molecule has 0 amide bonds. The third kappa shape index (κ3) is 50.1. The first kappa shape index (κ1) is 67.2. The van der Waals surface area contributed by atoms with Crippen molar-refractivity contribution in [3.05, 3.63) is 60.8 Å². The quantitative estimate of drug-likeness (QED) is 0.0197. The number of aliphatic hydroxyl groups is 1. The summed E-state index contributed by atoms with van der Waals surface area (Å²) in [4.78, 5) is 48.4. The fourth-order valence-corrected chi connectivity index (χ4v) is 8.44. The molecule has 0 radical (unpaired) electrons. The van der Waals surface area contributed by atoms with Gasteiger partial charge in [-0.1, -0.05) is 223 Å². The van der Waals surface area contributed by atoms with E-state index in [9.17, 15) is 28.9 Å². The zero-order chi connectivity index (χ0) is 51.3. The van der Waals surface area contributed by atoms with E-state index in [0.717, 1.165) is 64.2 Å². The Morgan fingerprint density at radius 2 is 0.771 bits per heavy atom. The number of ether oxygens (including phenoxy) is 3. The van der Waals surface area contributed by atoms with Crippen LogP contribution in [0.25, 0.3) is 0 Å². The van der Waals surface area contributed by atoms with Gasteiger partial charge in [-0.3, -0.25) is 23.4 Å². The van der Waals surface area contributed by atoms with Crippen LogP contribution < -0.4 is 0 Å². The van der Waals surface area contributed by atoms with Crippen molar-refractivity contribution in [3.63, 3.8) is 0 Å². The molecule has 406 valence electrons. The first-order valence-corrected chi connectivity index (χ1v) is 29.7. The smallest absolute Gasteiger partial charge is 0.462 e. The summed E-state index contributed by atoms with van der Waals surface area (Å²) in [5.74, 6) is -1.56. The van der Waals surface area contributed by atoms with Crippen LogP contribution in [-0.4, -0.2) is 66.5 Å². The molecule has 0 aliphatic heterocycles. The molecule has 0 heterocycles. The Hall–Kier alpha value is -2.82. The highest BCUT2D eigenvalue weighted by Crippen LogP contribution is 2.43. The lowest BCUT2D eigenvalue weighted by atomic mass is 10.1. The molecule has 0 fully saturated rings. The van der Waals surface area contributed by atoms with Gasteiger partial charge in [0, 0.05) is 19.3 Å². The highest BCUT2D eigenvalue weighted by Gasteiger charge is 2.28. The number of hydrogen-bond donors (Lipinski definition) is 2. The number of aliphatic hydroxyl groups excluding tert-OH is 1. The van der Waals surface area contributed by atoms with Crippen LogP contribution in [0, 0.1) is 0 Å². The molecular weight excluding hydrogens is 904 g/mol. The lowest BCUT2D eigenvalue weighted by molar-refractivity contribution is -0.161. The number of rotatable bonds is 52. The minimum absolute atomic E-state index is 0.106. The molecular formula is C58H103O11P. The second-order valence-corrected chi connectivity index (χ2v) is 20.2. The topological polar surface area (TPSA) is 155 Å². The number of hydrogen-bond acceptors (Lipinski definition) is 10. The van der Waals surface area contributed by atoms with Crippen molar-refractivity contribution in [2.75, 3.05) is 26.4 Å². The minimum atomic E-state index is -4.76. The Labute approximate surface area is 427 Å². The largest absolute Gasteiger partial charge is 0.472 e. The van der Waals surface area contributed by atoms with Gasteiger partial charge < -0.3 is 24.2 Å². The van der Waals surface area contributed by atoms with Gasteiger partial charge in [0.15, 0.2) is 6.10 Å². The van der Waals surface area contributed by atoms with Crippen molar-refractivity contribution in [2.45, 2.75) is 264 Å². The maximum atomic E-state index is 12.9. The van der Waals surface area contributed by atoms with Crippen molar-refractivity contribution in [1.29, 1.82) is 0 Å². The predicted octanol–water partition coefficient (Wildman–Crippen LogP) is 16.4. The van der Waals surface area contributed by atoms with Crippen molar-refractivity contribution in [3.8, 4) is 0 Å². The van der Waals surface area contributed by atoms with E-state index in [4.69, 9.17) is 23.3 Å². The van der Waals surface area contributed by atoms with Crippen LogP contribution in [0.15, 0.2) is 60.8 Å². The van der Waals surface area contributed by atoms with E-state index in [0.29, 0.717) is 19.3 Å². The molecule has 0 aromatic rings. The molecule has 70 heavy (non-hydrogen) atoms. The van der Waals surface area contributed by atoms with E-state index in [1.54, 1.807) is 0 Å². The Balaban J connectivity index is 4.76. The van der Waals surface area contributed by atoms with Crippen molar-refractivity contribution >= 4 is 25.7 Å². The Bertz CT molecular complexity index is 1410. The standard InChI is InChI=1S/C58H103O11P/c1-4-7-10-13-16-19-22-24-25-26-27-28-29-31-34-37-40-43-46-49-58(62)69-55(51-65-56(60)47-44-41-38-35-33-30-23-20-17-14-11-8-5-2)53-67-70(63,64)66-52-54(50-59)68-57(61)48-45-42-39-36-32-21-18-15-12-9-6-3/h8,11,17,20,24-25,30,33,38,41,54-55,59H,4-7,9-10,12-16,18-19,21-23,26-29,31-32,34-37,39-40,42-53H2,1-3H3,(H,63,64)/b11-8-,20-17-,25-24-,33-30-,41-38-. The highest BCUT2D eigenvalue weighted by atomic mass is 31.2. The average molecular weight is 1010 g/mol. The highest BCUT2D eigenvalue weighted by molar-refractivity contribution is 7.47. The van der Waals surface area contributed by atoms with Gasteiger partial charge in [-0.15, -0.1) is 0 Å². The molecule has 0 saturated heterocycles. The summed E-state index contributed by atoms with van der Waals surface area (Å²) >= 11 is 0. The summed E-state index contributed by atoms with van der Waals surface area (Å²) in [6, 6.07) is 0. The number of esters is 3. The van der Waals surface area contributed by atoms with Gasteiger partial charge in [-0.2, -0.15) is 0 Å². The molecule has 0 aromatic heterocycles. The van der Waals surface area contributed by atoms with E-state index in [1.165, 1.54) is 128 Å². The number of allylic oxidation sites excluding steroid dienone is 10. The summed E-state index contributed by atoms with van der Waals surface area (Å²) in [5.41, 5.74) is 0. The van der Waals surface area contributed by atoms with Crippen LogP contribution in [0.2, 0.25) is 0 Å². The summed E-state index contributed by atoms with van der Waals surface area (Å²) in [6.07, 6.45) is 56.3. The molecule has 11 nitrogen and oxygen atoms in total. The van der Waals surface area contributed by atoms with Crippen molar-refractivity contribution in [2.24, 2.45) is 0 Å². The molecule has 0 bridgehead atoms. The second kappa shape index (κ2) is 52.5. The van der Waals surface area contributed by atoms with Crippen LogP contribution in [0.3, 0.4) is 0 Å². The molecule has 0 aromatic carbocycles. The fraction of sp³-hybridized carbons (Fsp3) is 0.776. The molecule has 0 aliphatic carbocycles. The Morgan fingerprint density at radius 3 is 1.20 bits per heavy atom. The zero-order valence-electron chi connectivity index (χ0n) is 44.7. The lowest BCUT2D eigenvalue weighted by Crippen LogP contribution is -2.30. The monoisotopic (exact) mass is 1010 g/mol. The maximum Gasteiger partial charge on any atom is 0.472 e. The Kier molecular flexibility index (Phi) is 50.4. The minimum Gasteiger partial charge on any atom is -0.462 e. The maximum absolute atomic E-state index is 12.9. The molecule has 0 saturated carbocycles. The Morgan fingerprint density at radius 1 is 0.414 bits per heavy atom. The fourth-order valence-electron chi connectivity index (χ4n) is 7.66. The molecule has 3 atom stereocenters. The number of unbranched alkanes of at least 4 members (excludes halogenated alkanes) is 25. The van der Waals surface area contributed by atoms with Crippen LogP contribution in [-0.2, 0) is 42.2 Å². The van der Waals surface area contributed by atoms with Gasteiger partial charge in [-0.05, 0) is 70.6 Å². The second-order valence-electron chi connectivity index (χ2n) is 18.7. The first-order valence-electron chi connectivity index (χ1n) is 28.2. The van der Waals surface area contributed by atoms with Gasteiger partial charge in [0.1, 0.15) is 12.7 Å². The van der Waals surface area contributed by atoms with E-state index in [1.807, 2.05) is 12.2 Å². The number of phosphoric ester groups is 1. The van der Waals surface area contributed by atoms with Gasteiger partial charge in [0.25, 0.3) is 0 Å². The van der Waals surface area contributed by atoms with E-state index < -0.39 is 57.8 Å². The van der Waals surface area contributed by atoms with Gasteiger partial charge >= 0.3 is 25.7 Å². The van der Waals surface area contributed by atoms with Gasteiger partial charge in [0.2, 0.25) is 0 Å². The number of carbonyl (C=O) groups excluding carboxylic acids is 3. The summed E-state index contributed by atoms with van der Waals surface area (Å²) in [6.45, 7) is 4.45. The summed E-state index contributed by atoms with van der Waals surface area (Å²) in [5, 5.41) is 9.78. The molecule has 0 rings (SSSR count). The van der Waals surface area contributed by atoms with Crippen molar-refractivity contribution < 1.29 is 52.2 Å². The van der Waals surface area contributed by atoms with Crippen molar-refractivity contribution in [1.82, 2.24) is 0 Å².